The van der Waals surface area contributed by atoms with Crippen LogP contribution in [0.2, 0.25) is 0 Å². The van der Waals surface area contributed by atoms with E-state index in [1.54, 1.807) is 6.07 Å². The molecule has 0 aliphatic carbocycles. The lowest BCUT2D eigenvalue weighted by atomic mass is 9.69. The zero-order valence-electron chi connectivity index (χ0n) is 18.0. The van der Waals surface area contributed by atoms with E-state index in [0.717, 1.165) is 48.8 Å². The highest BCUT2D eigenvalue weighted by molar-refractivity contribution is 5.99. The first-order valence-electron chi connectivity index (χ1n) is 10.2. The first kappa shape index (κ1) is 20.7. The van der Waals surface area contributed by atoms with Crippen molar-refractivity contribution >= 4 is 28.7 Å². The van der Waals surface area contributed by atoms with Gasteiger partial charge in [0.25, 0.3) is 0 Å². The Morgan fingerprint density at radius 3 is 2.42 bits per heavy atom. The van der Waals surface area contributed by atoms with E-state index in [2.05, 4.69) is 38.7 Å². The average Bonchev–Trinajstić information content (AvgIpc) is 2.69. The number of anilines is 1. The fourth-order valence-corrected chi connectivity index (χ4v) is 4.78. The Balaban J connectivity index is 2.20. The van der Waals surface area contributed by atoms with Crippen LogP contribution in [-0.2, 0) is 15.6 Å². The number of nitrogens with zero attached hydrogens (tertiary/aromatic N) is 3. The van der Waals surface area contributed by atoms with Gasteiger partial charge in [0.15, 0.2) is 0 Å². The van der Waals surface area contributed by atoms with Crippen molar-refractivity contribution in [2.75, 3.05) is 18.0 Å². The minimum Gasteiger partial charge on any atom is -0.477 e. The van der Waals surface area contributed by atoms with Gasteiger partial charge in [0, 0.05) is 29.7 Å². The van der Waals surface area contributed by atoms with Crippen LogP contribution in [0.15, 0.2) is 20.9 Å². The molecule has 0 bridgehead atoms. The van der Waals surface area contributed by atoms with Crippen molar-refractivity contribution in [1.29, 1.82) is 10.5 Å². The zero-order valence-corrected chi connectivity index (χ0v) is 18.0. The first-order valence-corrected chi connectivity index (χ1v) is 10.2. The van der Waals surface area contributed by atoms with Gasteiger partial charge in [-0.25, -0.2) is 9.59 Å². The largest absolute Gasteiger partial charge is 0.477 e. The molecule has 1 aromatic carbocycles. The van der Waals surface area contributed by atoms with E-state index in [1.165, 1.54) is 0 Å². The molecular formula is C24H23N3O4. The number of fused-ring (bicyclic) bond motifs is 2. The summed E-state index contributed by atoms with van der Waals surface area (Å²) in [6.45, 7) is 10.4. The van der Waals surface area contributed by atoms with Crippen LogP contribution in [-0.4, -0.2) is 24.2 Å². The van der Waals surface area contributed by atoms with Crippen molar-refractivity contribution in [2.24, 2.45) is 0 Å². The summed E-state index contributed by atoms with van der Waals surface area (Å²) in [6, 6.07) is 5.53. The van der Waals surface area contributed by atoms with Crippen LogP contribution in [0.4, 0.5) is 5.69 Å². The van der Waals surface area contributed by atoms with Crippen molar-refractivity contribution in [3.63, 3.8) is 0 Å². The van der Waals surface area contributed by atoms with Gasteiger partial charge in [-0.15, -0.1) is 0 Å². The Hall–Kier alpha value is -3.58. The molecule has 0 fully saturated rings. The van der Waals surface area contributed by atoms with Gasteiger partial charge in [0.05, 0.1) is 11.1 Å². The average molecular weight is 417 g/mol. The van der Waals surface area contributed by atoms with Crippen molar-refractivity contribution in [2.45, 2.75) is 51.4 Å². The fraction of sp³-hybridized carbons (Fsp3) is 0.417. The molecule has 2 aromatic rings. The molecule has 0 saturated carbocycles. The molecule has 0 amide bonds. The number of carboxylic acids is 1. The lowest BCUT2D eigenvalue weighted by Crippen LogP contribution is -2.44. The van der Waals surface area contributed by atoms with E-state index in [-0.39, 0.29) is 22.0 Å². The van der Waals surface area contributed by atoms with Gasteiger partial charge in [-0.2, -0.15) is 10.5 Å². The van der Waals surface area contributed by atoms with Crippen LogP contribution in [0.3, 0.4) is 0 Å². The molecular weight excluding hydrogens is 394 g/mol. The molecule has 31 heavy (non-hydrogen) atoms. The van der Waals surface area contributed by atoms with E-state index in [0.29, 0.717) is 11.0 Å². The van der Waals surface area contributed by atoms with Crippen molar-refractivity contribution in [1.82, 2.24) is 0 Å². The molecule has 2 aliphatic heterocycles. The van der Waals surface area contributed by atoms with Gasteiger partial charge in [0.2, 0.25) is 0 Å². The number of hydrogen-bond acceptors (Lipinski definition) is 6. The number of carbonyl (C=O) groups is 1. The van der Waals surface area contributed by atoms with Crippen molar-refractivity contribution in [3.8, 4) is 12.1 Å². The smallest absolute Gasteiger partial charge is 0.346 e. The van der Waals surface area contributed by atoms with Gasteiger partial charge in [-0.3, -0.25) is 0 Å². The molecule has 0 spiro atoms. The molecule has 0 radical (unpaired) electrons. The zero-order chi connectivity index (χ0) is 22.7. The van der Waals surface area contributed by atoms with Crippen molar-refractivity contribution in [3.05, 3.63) is 44.3 Å². The molecule has 7 nitrogen and oxygen atoms in total. The topological polar surface area (TPSA) is 118 Å². The molecule has 7 heteroatoms. The molecule has 0 atom stereocenters. The second-order valence-electron chi connectivity index (χ2n) is 9.54. The molecule has 158 valence electrons. The Morgan fingerprint density at radius 1 is 1.19 bits per heavy atom. The van der Waals surface area contributed by atoms with E-state index in [9.17, 15) is 20.0 Å². The summed E-state index contributed by atoms with van der Waals surface area (Å²) in [5.41, 5.74) is 1.43. The molecule has 0 saturated heterocycles. The molecule has 1 N–H and O–H groups in total. The van der Waals surface area contributed by atoms with Gasteiger partial charge < -0.3 is 14.4 Å². The standard InChI is InChI=1S/C24H23N3O4/c1-23(2)5-7-27-8-6-24(3,4)18-19(27)17(23)10-14-16(12-26)15(22(30)31-20(14)18)9-13(11-25)21(28)29/h9-10H,5-8H2,1-4H3,(H,28,29). The van der Waals surface area contributed by atoms with E-state index >= 15 is 0 Å². The fourth-order valence-electron chi connectivity index (χ4n) is 4.78. The number of aliphatic carboxylic acids is 1. The molecule has 2 aliphatic rings. The number of nitriles is 2. The maximum absolute atomic E-state index is 12.9. The van der Waals surface area contributed by atoms with E-state index in [1.807, 2.05) is 6.07 Å². The monoisotopic (exact) mass is 417 g/mol. The Bertz CT molecular complexity index is 1310. The summed E-state index contributed by atoms with van der Waals surface area (Å²) in [4.78, 5) is 26.5. The minimum absolute atomic E-state index is 0.0357. The number of carboxylic acid groups (broad SMARTS) is 1. The normalized spacial score (nSPS) is 18.8. The highest BCUT2D eigenvalue weighted by Gasteiger charge is 2.42. The van der Waals surface area contributed by atoms with Crippen LogP contribution < -0.4 is 10.5 Å². The third kappa shape index (κ3) is 3.00. The molecule has 0 unspecified atom stereocenters. The number of rotatable bonds is 2. The van der Waals surface area contributed by atoms with Crippen LogP contribution in [0.5, 0.6) is 0 Å². The second-order valence-corrected chi connectivity index (χ2v) is 9.54. The summed E-state index contributed by atoms with van der Waals surface area (Å²) in [7, 11) is 0. The van der Waals surface area contributed by atoms with Crippen molar-refractivity contribution < 1.29 is 14.3 Å². The Labute approximate surface area is 179 Å². The van der Waals surface area contributed by atoms with E-state index in [4.69, 9.17) is 9.68 Å². The van der Waals surface area contributed by atoms with E-state index < -0.39 is 17.2 Å². The quantitative estimate of drug-likeness (QED) is 0.448. The summed E-state index contributed by atoms with van der Waals surface area (Å²) < 4.78 is 5.75. The Kier molecular flexibility index (Phi) is 4.48. The van der Waals surface area contributed by atoms with Crippen LogP contribution in [0.1, 0.15) is 62.8 Å². The second kappa shape index (κ2) is 6.72. The predicted octanol–water partition coefficient (Wildman–Crippen LogP) is 3.83. The number of hydrogen-bond donors (Lipinski definition) is 1. The molecule has 4 rings (SSSR count). The third-order valence-electron chi connectivity index (χ3n) is 6.69. The number of benzene rings is 1. The Morgan fingerprint density at radius 2 is 1.84 bits per heavy atom. The van der Waals surface area contributed by atoms with Gasteiger partial charge in [0.1, 0.15) is 23.3 Å². The lowest BCUT2D eigenvalue weighted by Gasteiger charge is -2.48. The van der Waals surface area contributed by atoms with Gasteiger partial charge in [-0.1, -0.05) is 27.7 Å². The molecule has 1 aromatic heterocycles. The molecule has 3 heterocycles. The summed E-state index contributed by atoms with van der Waals surface area (Å²) in [5.74, 6) is -1.47. The maximum atomic E-state index is 12.9. The van der Waals surface area contributed by atoms with Crippen LogP contribution >= 0.6 is 0 Å². The summed E-state index contributed by atoms with van der Waals surface area (Å²) >= 11 is 0. The SMILES string of the molecule is CC1(C)CCN2CCC(C)(C)c3c2c1cc1c(C#N)c(C=C(C#N)C(=O)O)c(=O)oc31. The highest BCUT2D eigenvalue weighted by Crippen LogP contribution is 2.52. The first-order chi connectivity index (χ1) is 14.5. The minimum atomic E-state index is -1.47. The maximum Gasteiger partial charge on any atom is 0.346 e. The highest BCUT2D eigenvalue weighted by atomic mass is 16.4. The lowest BCUT2D eigenvalue weighted by molar-refractivity contribution is -0.132. The van der Waals surface area contributed by atoms with Crippen LogP contribution in [0, 0.1) is 22.7 Å². The predicted molar refractivity (Wildman–Crippen MR) is 116 cm³/mol. The third-order valence-corrected chi connectivity index (χ3v) is 6.69. The van der Waals surface area contributed by atoms with Gasteiger partial charge in [-0.05, 0) is 41.4 Å². The summed E-state index contributed by atoms with van der Waals surface area (Å²) in [6.07, 6.45) is 2.76. The van der Waals surface area contributed by atoms with Gasteiger partial charge >= 0.3 is 11.6 Å². The summed E-state index contributed by atoms with van der Waals surface area (Å²) in [5, 5.41) is 28.8. The van der Waals surface area contributed by atoms with Crippen LogP contribution in [0.25, 0.3) is 17.0 Å².